The number of aromatic amines is 1. The summed E-state index contributed by atoms with van der Waals surface area (Å²) in [6.45, 7) is 2.52. The van der Waals surface area contributed by atoms with Crippen molar-refractivity contribution >= 4 is 15.7 Å². The van der Waals surface area contributed by atoms with E-state index in [0.717, 1.165) is 43.1 Å². The van der Waals surface area contributed by atoms with E-state index in [-0.39, 0.29) is 5.92 Å². The summed E-state index contributed by atoms with van der Waals surface area (Å²) in [5.74, 6) is 1.05. The van der Waals surface area contributed by atoms with Crippen molar-refractivity contribution in [2.24, 2.45) is 0 Å². The van der Waals surface area contributed by atoms with Gasteiger partial charge in [0.15, 0.2) is 9.84 Å². The zero-order valence-electron chi connectivity index (χ0n) is 13.3. The van der Waals surface area contributed by atoms with E-state index in [9.17, 15) is 8.42 Å². The second kappa shape index (κ2) is 6.29. The molecule has 0 bridgehead atoms. The van der Waals surface area contributed by atoms with Gasteiger partial charge in [-0.1, -0.05) is 6.07 Å². The maximum Gasteiger partial charge on any atom is 0.178 e. The molecule has 124 valence electrons. The highest BCUT2D eigenvalue weighted by molar-refractivity contribution is 7.90. The average molecular weight is 335 g/mol. The minimum absolute atomic E-state index is 0.164. The molecule has 2 aromatic rings. The molecule has 23 heavy (non-hydrogen) atoms. The molecule has 2 aromatic heterocycles. The van der Waals surface area contributed by atoms with Gasteiger partial charge in [-0.15, -0.1) is 0 Å². The topological polar surface area (TPSA) is 91.0 Å². The van der Waals surface area contributed by atoms with Crippen LogP contribution in [0.25, 0.3) is 0 Å². The number of rotatable bonds is 5. The fourth-order valence-corrected chi connectivity index (χ4v) is 3.97. The Morgan fingerprint density at radius 3 is 3.04 bits per heavy atom. The van der Waals surface area contributed by atoms with Gasteiger partial charge in [0.05, 0.1) is 11.9 Å². The Morgan fingerprint density at radius 2 is 2.30 bits per heavy atom. The van der Waals surface area contributed by atoms with Gasteiger partial charge in [-0.2, -0.15) is 5.10 Å². The number of likely N-dealkylation sites (tertiary alicyclic amines) is 1. The van der Waals surface area contributed by atoms with E-state index in [1.165, 1.54) is 12.5 Å². The first-order chi connectivity index (χ1) is 11.0. The maximum absolute atomic E-state index is 11.8. The molecule has 0 aromatic carbocycles. The number of H-pyrrole nitrogens is 1. The second-order valence-electron chi connectivity index (χ2n) is 5.90. The number of hydrogen-bond acceptors (Lipinski definition) is 6. The quantitative estimate of drug-likeness (QED) is 0.854. The first-order valence-electron chi connectivity index (χ1n) is 7.56. The van der Waals surface area contributed by atoms with Crippen LogP contribution in [0, 0.1) is 0 Å². The van der Waals surface area contributed by atoms with Crippen molar-refractivity contribution in [1.29, 1.82) is 0 Å². The van der Waals surface area contributed by atoms with Crippen molar-refractivity contribution < 1.29 is 8.42 Å². The summed E-state index contributed by atoms with van der Waals surface area (Å²) in [7, 11) is -1.38. The Bertz CT molecular complexity index is 787. The number of anilines is 1. The number of hydrogen-bond donors (Lipinski definition) is 2. The van der Waals surface area contributed by atoms with Gasteiger partial charge in [0.25, 0.3) is 0 Å². The molecule has 8 heteroatoms. The van der Waals surface area contributed by atoms with Crippen molar-refractivity contribution in [2.75, 3.05) is 31.7 Å². The van der Waals surface area contributed by atoms with Crippen LogP contribution in [0.4, 0.5) is 5.82 Å². The first-order valence-corrected chi connectivity index (χ1v) is 9.45. The van der Waals surface area contributed by atoms with Crippen LogP contribution < -0.4 is 5.32 Å². The molecule has 7 nitrogen and oxygen atoms in total. The molecule has 1 saturated heterocycles. The summed E-state index contributed by atoms with van der Waals surface area (Å²) in [4.78, 5) is 6.96. The van der Waals surface area contributed by atoms with E-state index in [4.69, 9.17) is 0 Å². The Balaban J connectivity index is 1.73. The fourth-order valence-electron chi connectivity index (χ4n) is 3.12. The highest BCUT2D eigenvalue weighted by atomic mass is 32.2. The van der Waals surface area contributed by atoms with Crippen molar-refractivity contribution in [2.45, 2.75) is 23.8 Å². The van der Waals surface area contributed by atoms with Crippen LogP contribution in [-0.4, -0.2) is 54.9 Å². The van der Waals surface area contributed by atoms with Crippen LogP contribution in [0.2, 0.25) is 0 Å². The number of nitrogens with one attached hydrogen (secondary N) is 2. The van der Waals surface area contributed by atoms with E-state index >= 15 is 0 Å². The second-order valence-corrected chi connectivity index (χ2v) is 7.89. The van der Waals surface area contributed by atoms with Gasteiger partial charge in [-0.3, -0.25) is 10.00 Å². The van der Waals surface area contributed by atoms with Crippen LogP contribution in [0.3, 0.4) is 0 Å². The molecule has 0 amide bonds. The standard InChI is InChI=1S/C15H21N5O2S/c1-16-15-12(4-3-6-17-15)10-20-7-5-11(9-20)14-13(8-18-19-14)23(2,21)22/h3-4,6,8,11H,5,7,9-10H2,1-2H3,(H,16,17)(H,18,19). The Labute approximate surface area is 136 Å². The van der Waals surface area contributed by atoms with Crippen molar-refractivity contribution in [1.82, 2.24) is 20.1 Å². The summed E-state index contributed by atoms with van der Waals surface area (Å²) < 4.78 is 23.7. The number of nitrogens with zero attached hydrogens (tertiary/aromatic N) is 3. The lowest BCUT2D eigenvalue weighted by molar-refractivity contribution is 0.326. The van der Waals surface area contributed by atoms with Crippen molar-refractivity contribution in [3.63, 3.8) is 0 Å². The number of aromatic nitrogens is 3. The molecule has 0 spiro atoms. The molecule has 1 fully saturated rings. The van der Waals surface area contributed by atoms with Gasteiger partial charge in [-0.05, 0) is 19.0 Å². The van der Waals surface area contributed by atoms with Crippen LogP contribution >= 0.6 is 0 Å². The lowest BCUT2D eigenvalue weighted by Crippen LogP contribution is -2.21. The van der Waals surface area contributed by atoms with Crippen LogP contribution in [-0.2, 0) is 16.4 Å². The van der Waals surface area contributed by atoms with Crippen LogP contribution in [0.1, 0.15) is 23.6 Å². The van der Waals surface area contributed by atoms with Gasteiger partial charge in [-0.25, -0.2) is 13.4 Å². The molecule has 0 saturated carbocycles. The highest BCUT2D eigenvalue weighted by Crippen LogP contribution is 2.31. The maximum atomic E-state index is 11.8. The highest BCUT2D eigenvalue weighted by Gasteiger charge is 2.29. The van der Waals surface area contributed by atoms with Gasteiger partial charge in [0, 0.05) is 44.1 Å². The minimum atomic E-state index is -3.25. The van der Waals surface area contributed by atoms with Gasteiger partial charge >= 0.3 is 0 Å². The van der Waals surface area contributed by atoms with E-state index < -0.39 is 9.84 Å². The van der Waals surface area contributed by atoms with Crippen molar-refractivity contribution in [3.8, 4) is 0 Å². The largest absolute Gasteiger partial charge is 0.373 e. The Hall–Kier alpha value is -1.93. The summed E-state index contributed by atoms with van der Waals surface area (Å²) in [6, 6.07) is 3.99. The zero-order chi connectivity index (χ0) is 16.4. The van der Waals surface area contributed by atoms with Crippen LogP contribution in [0.5, 0.6) is 0 Å². The predicted molar refractivity (Wildman–Crippen MR) is 88.1 cm³/mol. The molecule has 2 N–H and O–H groups in total. The third-order valence-corrected chi connectivity index (χ3v) is 5.36. The minimum Gasteiger partial charge on any atom is -0.373 e. The zero-order valence-corrected chi connectivity index (χ0v) is 14.1. The Kier molecular flexibility index (Phi) is 4.36. The lowest BCUT2D eigenvalue weighted by Gasteiger charge is -2.17. The predicted octanol–water partition coefficient (Wildman–Crippen LogP) is 1.24. The summed E-state index contributed by atoms with van der Waals surface area (Å²) in [5, 5.41) is 9.91. The average Bonchev–Trinajstić information content (AvgIpc) is 3.15. The summed E-state index contributed by atoms with van der Waals surface area (Å²) in [5.41, 5.74) is 1.87. The lowest BCUT2D eigenvalue weighted by atomic mass is 10.1. The van der Waals surface area contributed by atoms with Gasteiger partial charge in [0.1, 0.15) is 10.7 Å². The third-order valence-electron chi connectivity index (χ3n) is 4.23. The number of sulfone groups is 1. The van der Waals surface area contributed by atoms with Crippen LogP contribution in [0.15, 0.2) is 29.4 Å². The Morgan fingerprint density at radius 1 is 1.48 bits per heavy atom. The molecule has 0 aliphatic carbocycles. The normalized spacial score (nSPS) is 19.1. The molecule has 0 radical (unpaired) electrons. The number of pyridine rings is 1. The monoisotopic (exact) mass is 335 g/mol. The smallest absolute Gasteiger partial charge is 0.178 e. The first kappa shape index (κ1) is 15.9. The van der Waals surface area contributed by atoms with E-state index in [0.29, 0.717) is 4.90 Å². The molecular formula is C15H21N5O2S. The molecule has 1 unspecified atom stereocenters. The van der Waals surface area contributed by atoms with E-state index in [1.54, 1.807) is 6.20 Å². The molecule has 3 rings (SSSR count). The van der Waals surface area contributed by atoms with E-state index in [1.807, 2.05) is 13.1 Å². The van der Waals surface area contributed by atoms with Crippen molar-refractivity contribution in [3.05, 3.63) is 35.8 Å². The summed E-state index contributed by atoms with van der Waals surface area (Å²) in [6.07, 6.45) is 5.32. The fraction of sp³-hybridized carbons (Fsp3) is 0.467. The SMILES string of the molecule is CNc1ncccc1CN1CCC(c2[nH]ncc2S(C)(=O)=O)C1. The molecule has 1 atom stereocenters. The summed E-state index contributed by atoms with van der Waals surface area (Å²) >= 11 is 0. The third kappa shape index (κ3) is 3.37. The van der Waals surface area contributed by atoms with E-state index in [2.05, 4.69) is 31.5 Å². The molecule has 3 heterocycles. The molecule has 1 aliphatic rings. The van der Waals surface area contributed by atoms with Gasteiger partial charge in [0.2, 0.25) is 0 Å². The van der Waals surface area contributed by atoms with Gasteiger partial charge < -0.3 is 5.32 Å². The molecular weight excluding hydrogens is 314 g/mol. The molecule has 1 aliphatic heterocycles.